The average Bonchev–Trinajstić information content (AvgIpc) is 2.93. The Hall–Kier alpha value is -1.82. The maximum Gasteiger partial charge on any atom is 0.410 e. The van der Waals surface area contributed by atoms with Crippen molar-refractivity contribution in [2.45, 2.75) is 66.0 Å². The van der Waals surface area contributed by atoms with Gasteiger partial charge in [-0.3, -0.25) is 0 Å². The molecular formula is C19H29ClN4O2. The molecular weight excluding hydrogens is 352 g/mol. The van der Waals surface area contributed by atoms with Crippen molar-refractivity contribution in [1.82, 2.24) is 19.4 Å². The van der Waals surface area contributed by atoms with Gasteiger partial charge in [-0.05, 0) is 46.1 Å². The molecule has 0 aromatic carbocycles. The molecule has 0 spiro atoms. The fraction of sp³-hybridized carbons (Fsp3) is 0.632. The van der Waals surface area contributed by atoms with Gasteiger partial charge in [0, 0.05) is 25.3 Å². The number of hydrogen-bond donors (Lipinski definition) is 0. The van der Waals surface area contributed by atoms with Crippen LogP contribution in [0.4, 0.5) is 4.79 Å². The Morgan fingerprint density at radius 1 is 1.23 bits per heavy atom. The lowest BCUT2D eigenvalue weighted by atomic mass is 10.1. The molecule has 0 unspecified atom stereocenters. The van der Waals surface area contributed by atoms with Gasteiger partial charge < -0.3 is 14.2 Å². The number of nitrogens with zero attached hydrogens (tertiary/aromatic N) is 4. The number of halogens is 1. The van der Waals surface area contributed by atoms with E-state index in [1.54, 1.807) is 4.90 Å². The van der Waals surface area contributed by atoms with E-state index < -0.39 is 5.60 Å². The number of amides is 1. The maximum absolute atomic E-state index is 12.2. The van der Waals surface area contributed by atoms with Crippen LogP contribution in [0.2, 0.25) is 5.15 Å². The summed E-state index contributed by atoms with van der Waals surface area (Å²) in [6, 6.07) is 0.297. The minimum absolute atomic E-state index is 0.236. The standard InChI is InChI=1S/C17H23ClN4O2.C2H6/c1-11-9-22(15-13(11)14(18)19-10-20-15)12-5-7-21(8-6-12)16(23)24-17(2,3)4;1-2/h9-10,12H,5-8H2,1-4H3;1-2H3. The van der Waals surface area contributed by atoms with Gasteiger partial charge >= 0.3 is 6.09 Å². The van der Waals surface area contributed by atoms with Crippen LogP contribution in [0.5, 0.6) is 0 Å². The number of ether oxygens (including phenoxy) is 1. The lowest BCUT2D eigenvalue weighted by Gasteiger charge is -2.34. The molecule has 0 atom stereocenters. The van der Waals surface area contributed by atoms with Gasteiger partial charge in [-0.1, -0.05) is 25.4 Å². The highest BCUT2D eigenvalue weighted by molar-refractivity contribution is 6.34. The molecule has 2 aromatic heterocycles. The SMILES string of the molecule is CC.Cc1cn(C2CCN(C(=O)OC(C)(C)C)CC2)c2ncnc(Cl)c12. The Balaban J connectivity index is 0.00000117. The fourth-order valence-electron chi connectivity index (χ4n) is 3.16. The monoisotopic (exact) mass is 380 g/mol. The summed E-state index contributed by atoms with van der Waals surface area (Å²) in [5.41, 5.74) is 1.48. The largest absolute Gasteiger partial charge is 0.444 e. The summed E-state index contributed by atoms with van der Waals surface area (Å²) < 4.78 is 7.62. The highest BCUT2D eigenvalue weighted by Gasteiger charge is 2.28. The van der Waals surface area contributed by atoms with Crippen molar-refractivity contribution in [2.75, 3.05) is 13.1 Å². The summed E-state index contributed by atoms with van der Waals surface area (Å²) in [6.07, 6.45) is 5.07. The third-order valence-electron chi connectivity index (χ3n) is 4.26. The zero-order valence-corrected chi connectivity index (χ0v) is 17.3. The highest BCUT2D eigenvalue weighted by Crippen LogP contribution is 2.31. The first-order valence-corrected chi connectivity index (χ1v) is 9.59. The number of aryl methyl sites for hydroxylation is 1. The van der Waals surface area contributed by atoms with Crippen LogP contribution in [0.1, 0.15) is 59.1 Å². The summed E-state index contributed by atoms with van der Waals surface area (Å²) in [5, 5.41) is 1.40. The van der Waals surface area contributed by atoms with Crippen molar-refractivity contribution in [3.05, 3.63) is 23.2 Å². The first-order chi connectivity index (χ1) is 12.3. The molecule has 1 aliphatic heterocycles. The third kappa shape index (κ3) is 4.47. The molecule has 7 heteroatoms. The predicted octanol–water partition coefficient (Wildman–Crippen LogP) is 4.99. The molecule has 0 radical (unpaired) electrons. The molecule has 6 nitrogen and oxygen atoms in total. The van der Waals surface area contributed by atoms with Crippen LogP contribution < -0.4 is 0 Å². The van der Waals surface area contributed by atoms with Crippen LogP contribution in [-0.2, 0) is 4.74 Å². The Labute approximate surface area is 160 Å². The van der Waals surface area contributed by atoms with Crippen molar-refractivity contribution in [3.8, 4) is 0 Å². The van der Waals surface area contributed by atoms with Gasteiger partial charge in [0.05, 0.1) is 5.39 Å². The number of aromatic nitrogens is 3. The van der Waals surface area contributed by atoms with Crippen LogP contribution in [0.15, 0.2) is 12.5 Å². The van der Waals surface area contributed by atoms with Gasteiger partial charge in [-0.15, -0.1) is 0 Å². The molecule has 0 N–H and O–H groups in total. The zero-order valence-electron chi connectivity index (χ0n) is 16.5. The molecule has 2 aromatic rings. The number of carbonyl (C=O) groups is 1. The van der Waals surface area contributed by atoms with E-state index in [2.05, 4.69) is 20.7 Å². The number of hydrogen-bond acceptors (Lipinski definition) is 4. The summed E-state index contributed by atoms with van der Waals surface area (Å²) in [6.45, 7) is 13.0. The molecule has 3 heterocycles. The highest BCUT2D eigenvalue weighted by atomic mass is 35.5. The summed E-state index contributed by atoms with van der Waals surface area (Å²) in [5.74, 6) is 0. The number of fused-ring (bicyclic) bond motifs is 1. The van der Waals surface area contributed by atoms with Crippen molar-refractivity contribution in [3.63, 3.8) is 0 Å². The molecule has 1 saturated heterocycles. The van der Waals surface area contributed by atoms with E-state index in [0.29, 0.717) is 24.3 Å². The second-order valence-corrected chi connectivity index (χ2v) is 7.64. The van der Waals surface area contributed by atoms with E-state index in [4.69, 9.17) is 16.3 Å². The lowest BCUT2D eigenvalue weighted by molar-refractivity contribution is 0.0189. The van der Waals surface area contributed by atoms with E-state index in [0.717, 1.165) is 29.4 Å². The Bertz CT molecular complexity index is 759. The second kappa shape index (κ2) is 8.25. The summed E-state index contributed by atoms with van der Waals surface area (Å²) in [4.78, 5) is 22.4. The van der Waals surface area contributed by atoms with Crippen molar-refractivity contribution < 1.29 is 9.53 Å². The second-order valence-electron chi connectivity index (χ2n) is 7.28. The van der Waals surface area contributed by atoms with Gasteiger partial charge in [0.25, 0.3) is 0 Å². The van der Waals surface area contributed by atoms with Crippen LogP contribution in [-0.4, -0.2) is 44.2 Å². The van der Waals surface area contributed by atoms with E-state index in [1.807, 2.05) is 41.5 Å². The van der Waals surface area contributed by atoms with Gasteiger partial charge in [-0.2, -0.15) is 0 Å². The van der Waals surface area contributed by atoms with Crippen LogP contribution in [0.3, 0.4) is 0 Å². The fourth-order valence-corrected chi connectivity index (χ4v) is 3.43. The number of carbonyl (C=O) groups excluding carboxylic acids is 1. The molecule has 26 heavy (non-hydrogen) atoms. The number of piperidine rings is 1. The smallest absolute Gasteiger partial charge is 0.410 e. The van der Waals surface area contributed by atoms with Crippen molar-refractivity contribution >= 4 is 28.7 Å². The van der Waals surface area contributed by atoms with E-state index in [9.17, 15) is 4.79 Å². The van der Waals surface area contributed by atoms with Crippen molar-refractivity contribution in [2.24, 2.45) is 0 Å². The van der Waals surface area contributed by atoms with Gasteiger partial charge in [0.1, 0.15) is 22.7 Å². The Morgan fingerprint density at radius 2 is 1.85 bits per heavy atom. The minimum atomic E-state index is -0.463. The Morgan fingerprint density at radius 3 is 2.42 bits per heavy atom. The molecule has 1 aliphatic rings. The average molecular weight is 381 g/mol. The molecule has 0 aliphatic carbocycles. The molecule has 0 saturated carbocycles. The van der Waals surface area contributed by atoms with Gasteiger partial charge in [-0.25, -0.2) is 14.8 Å². The van der Waals surface area contributed by atoms with E-state index in [1.165, 1.54) is 6.33 Å². The van der Waals surface area contributed by atoms with Crippen LogP contribution in [0, 0.1) is 6.92 Å². The van der Waals surface area contributed by atoms with E-state index in [-0.39, 0.29) is 6.09 Å². The predicted molar refractivity (Wildman–Crippen MR) is 105 cm³/mol. The molecule has 3 rings (SSSR count). The number of rotatable bonds is 1. The van der Waals surface area contributed by atoms with Gasteiger partial charge in [0.15, 0.2) is 0 Å². The summed E-state index contributed by atoms with van der Waals surface area (Å²) >= 11 is 6.21. The van der Waals surface area contributed by atoms with Gasteiger partial charge in [0.2, 0.25) is 0 Å². The molecule has 1 fully saturated rings. The molecule has 144 valence electrons. The van der Waals surface area contributed by atoms with E-state index >= 15 is 0 Å². The molecule has 1 amide bonds. The lowest BCUT2D eigenvalue weighted by Crippen LogP contribution is -2.42. The first-order valence-electron chi connectivity index (χ1n) is 9.22. The summed E-state index contributed by atoms with van der Waals surface area (Å²) in [7, 11) is 0. The maximum atomic E-state index is 12.2. The quantitative estimate of drug-likeness (QED) is 0.654. The van der Waals surface area contributed by atoms with Crippen LogP contribution >= 0.6 is 11.6 Å². The normalized spacial score (nSPS) is 15.6. The van der Waals surface area contributed by atoms with Crippen molar-refractivity contribution in [1.29, 1.82) is 0 Å². The zero-order chi connectivity index (χ0) is 19.5. The first kappa shape index (κ1) is 20.5. The van der Waals surface area contributed by atoms with Crippen LogP contribution in [0.25, 0.3) is 11.0 Å². The Kier molecular flexibility index (Phi) is 6.50. The molecule has 0 bridgehead atoms. The third-order valence-corrected chi connectivity index (χ3v) is 4.55. The minimum Gasteiger partial charge on any atom is -0.444 e. The topological polar surface area (TPSA) is 60.2 Å². The number of likely N-dealkylation sites (tertiary alicyclic amines) is 1.